The summed E-state index contributed by atoms with van der Waals surface area (Å²) < 4.78 is 10.7. The van der Waals surface area contributed by atoms with Crippen molar-refractivity contribution in [3.05, 3.63) is 59.3 Å². The highest BCUT2D eigenvalue weighted by Gasteiger charge is 2.30. The molecule has 3 aliphatic rings. The smallest absolute Gasteiger partial charge is 0.410 e. The Balaban J connectivity index is 1.34. The molecule has 7 nitrogen and oxygen atoms in total. The molecular weight excluding hydrogens is 442 g/mol. The number of likely N-dealkylation sites (tertiary alicyclic amines) is 1. The van der Waals surface area contributed by atoms with Crippen molar-refractivity contribution < 1.29 is 19.1 Å². The molecule has 1 aromatic carbocycles. The number of rotatable bonds is 7. The minimum atomic E-state index is -0.230. The van der Waals surface area contributed by atoms with Crippen LogP contribution in [0.25, 0.3) is 0 Å². The summed E-state index contributed by atoms with van der Waals surface area (Å²) >= 11 is 0. The van der Waals surface area contributed by atoms with Crippen molar-refractivity contribution in [3.63, 3.8) is 0 Å². The maximum Gasteiger partial charge on any atom is 0.410 e. The van der Waals surface area contributed by atoms with Gasteiger partial charge in [-0.1, -0.05) is 43.3 Å². The number of carbonyl (C=O) groups excluding carboxylic acids is 2. The molecule has 0 spiro atoms. The fourth-order valence-corrected chi connectivity index (χ4v) is 5.15. The summed E-state index contributed by atoms with van der Waals surface area (Å²) in [6.07, 6.45) is 6.95. The Labute approximate surface area is 209 Å². The molecule has 2 heterocycles. The van der Waals surface area contributed by atoms with Crippen molar-refractivity contribution in [1.82, 2.24) is 14.7 Å². The molecule has 4 rings (SSSR count). The molecule has 0 N–H and O–H groups in total. The van der Waals surface area contributed by atoms with E-state index in [0.717, 1.165) is 57.7 Å². The van der Waals surface area contributed by atoms with Crippen molar-refractivity contribution >= 4 is 12.1 Å². The van der Waals surface area contributed by atoms with E-state index in [4.69, 9.17) is 9.47 Å². The quantitative estimate of drug-likeness (QED) is 0.547. The van der Waals surface area contributed by atoms with Crippen molar-refractivity contribution in [1.29, 1.82) is 0 Å². The first-order valence-corrected chi connectivity index (χ1v) is 13.0. The molecule has 2 saturated heterocycles. The fraction of sp³-hybridized carbons (Fsp3) is 0.571. The largest absolute Gasteiger partial charge is 0.466 e. The van der Waals surface area contributed by atoms with Crippen LogP contribution in [0.15, 0.2) is 53.8 Å². The number of benzene rings is 1. The minimum absolute atomic E-state index is 0.115. The predicted octanol–water partition coefficient (Wildman–Crippen LogP) is 4.07. The van der Waals surface area contributed by atoms with Gasteiger partial charge in [0.05, 0.1) is 13.0 Å². The van der Waals surface area contributed by atoms with Crippen LogP contribution in [0.1, 0.15) is 38.7 Å². The number of piperazine rings is 1. The number of hydrogen-bond donors (Lipinski definition) is 0. The normalized spacial score (nSPS) is 23.0. The molecule has 1 aliphatic carbocycles. The Hall–Kier alpha value is -2.80. The molecule has 190 valence electrons. The first-order chi connectivity index (χ1) is 17.0. The summed E-state index contributed by atoms with van der Waals surface area (Å²) in [5.41, 5.74) is 3.60. The molecule has 0 aromatic heterocycles. The van der Waals surface area contributed by atoms with Crippen LogP contribution in [0.4, 0.5) is 4.79 Å². The average molecular weight is 482 g/mol. The SMILES string of the molecule is CCOC(=O)CCN1CCN(C2=CC3CC(=C2)CN(C(=O)OCc2ccccc2)CCC3C)CC1. The Morgan fingerprint density at radius 3 is 2.54 bits per heavy atom. The van der Waals surface area contributed by atoms with E-state index in [9.17, 15) is 9.59 Å². The topological polar surface area (TPSA) is 62.3 Å². The summed E-state index contributed by atoms with van der Waals surface area (Å²) in [6.45, 7) is 10.8. The van der Waals surface area contributed by atoms with Gasteiger partial charge in [-0.25, -0.2) is 4.79 Å². The monoisotopic (exact) mass is 481 g/mol. The number of allylic oxidation sites excluding steroid dienone is 2. The van der Waals surface area contributed by atoms with E-state index in [0.29, 0.717) is 38.0 Å². The second kappa shape index (κ2) is 12.2. The van der Waals surface area contributed by atoms with Crippen LogP contribution in [-0.2, 0) is 20.9 Å². The Kier molecular flexibility index (Phi) is 8.85. The van der Waals surface area contributed by atoms with Crippen LogP contribution in [0, 0.1) is 11.8 Å². The van der Waals surface area contributed by atoms with Crippen molar-refractivity contribution in [2.45, 2.75) is 39.7 Å². The van der Waals surface area contributed by atoms with Crippen LogP contribution in [0.2, 0.25) is 0 Å². The molecule has 7 heteroatoms. The van der Waals surface area contributed by atoms with Crippen LogP contribution in [-0.4, -0.2) is 79.2 Å². The summed E-state index contributed by atoms with van der Waals surface area (Å²) in [7, 11) is 0. The second-order valence-corrected chi connectivity index (χ2v) is 9.87. The van der Waals surface area contributed by atoms with Crippen LogP contribution in [0.5, 0.6) is 0 Å². The zero-order chi connectivity index (χ0) is 24.6. The Morgan fingerprint density at radius 1 is 1.03 bits per heavy atom. The van der Waals surface area contributed by atoms with Gasteiger partial charge in [0.15, 0.2) is 0 Å². The van der Waals surface area contributed by atoms with Gasteiger partial charge in [0.2, 0.25) is 0 Å². The lowest BCUT2D eigenvalue weighted by Crippen LogP contribution is -2.46. The molecule has 2 aliphatic heterocycles. The summed E-state index contributed by atoms with van der Waals surface area (Å²) in [4.78, 5) is 31.2. The lowest BCUT2D eigenvalue weighted by molar-refractivity contribution is -0.143. The number of esters is 1. The van der Waals surface area contributed by atoms with Gasteiger partial charge in [-0.3, -0.25) is 9.69 Å². The number of hydrogen-bond acceptors (Lipinski definition) is 6. The maximum absolute atomic E-state index is 12.9. The molecule has 0 radical (unpaired) electrons. The third kappa shape index (κ3) is 7.10. The molecule has 2 fully saturated rings. The molecule has 2 atom stereocenters. The molecule has 1 aromatic rings. The molecule has 35 heavy (non-hydrogen) atoms. The summed E-state index contributed by atoms with van der Waals surface area (Å²) in [6, 6.07) is 9.84. The molecular formula is C28H39N3O4. The van der Waals surface area contributed by atoms with E-state index in [2.05, 4.69) is 28.9 Å². The van der Waals surface area contributed by atoms with E-state index in [1.54, 1.807) is 0 Å². The molecule has 2 unspecified atom stereocenters. The number of fused-ring (bicyclic) bond motifs is 2. The van der Waals surface area contributed by atoms with Gasteiger partial charge in [-0.05, 0) is 48.8 Å². The predicted molar refractivity (Wildman–Crippen MR) is 136 cm³/mol. The average Bonchev–Trinajstić information content (AvgIpc) is 2.88. The standard InChI is InChI=1S/C28H39N3O4/c1-3-34-27(32)10-11-29-13-15-30(16-14-29)26-18-24-17-25(19-26)22(2)9-12-31(20-24)28(33)35-21-23-7-5-4-6-8-23/h4-8,18-19,22,25H,3,9-17,20-21H2,1-2H3. The van der Waals surface area contributed by atoms with Gasteiger partial charge >= 0.3 is 12.1 Å². The van der Waals surface area contributed by atoms with E-state index in [1.807, 2.05) is 42.2 Å². The van der Waals surface area contributed by atoms with E-state index in [1.165, 1.54) is 11.3 Å². The van der Waals surface area contributed by atoms with Gasteiger partial charge in [0, 0.05) is 51.5 Å². The highest BCUT2D eigenvalue weighted by atomic mass is 16.6. The first-order valence-electron chi connectivity index (χ1n) is 13.0. The highest BCUT2D eigenvalue weighted by Crippen LogP contribution is 2.34. The zero-order valence-electron chi connectivity index (χ0n) is 21.2. The number of amides is 1. The van der Waals surface area contributed by atoms with Crippen LogP contribution in [0.3, 0.4) is 0 Å². The van der Waals surface area contributed by atoms with Gasteiger partial charge in [0.1, 0.15) is 6.61 Å². The van der Waals surface area contributed by atoms with Gasteiger partial charge in [-0.15, -0.1) is 0 Å². The third-order valence-corrected chi connectivity index (χ3v) is 7.35. The van der Waals surface area contributed by atoms with E-state index in [-0.39, 0.29) is 12.1 Å². The fourth-order valence-electron chi connectivity index (χ4n) is 5.15. The van der Waals surface area contributed by atoms with Crippen LogP contribution < -0.4 is 0 Å². The molecule has 2 bridgehead atoms. The maximum atomic E-state index is 12.9. The lowest BCUT2D eigenvalue weighted by Gasteiger charge is -2.40. The minimum Gasteiger partial charge on any atom is -0.466 e. The van der Waals surface area contributed by atoms with Gasteiger partial charge < -0.3 is 19.3 Å². The summed E-state index contributed by atoms with van der Waals surface area (Å²) in [5.74, 6) is 0.897. The van der Waals surface area contributed by atoms with E-state index >= 15 is 0 Å². The Morgan fingerprint density at radius 2 is 1.80 bits per heavy atom. The zero-order valence-corrected chi connectivity index (χ0v) is 21.2. The van der Waals surface area contributed by atoms with Crippen molar-refractivity contribution in [2.24, 2.45) is 11.8 Å². The van der Waals surface area contributed by atoms with Gasteiger partial charge in [-0.2, -0.15) is 0 Å². The second-order valence-electron chi connectivity index (χ2n) is 9.87. The number of ether oxygens (including phenoxy) is 2. The number of nitrogens with zero attached hydrogens (tertiary/aromatic N) is 3. The number of carbonyl (C=O) groups is 2. The lowest BCUT2D eigenvalue weighted by atomic mass is 9.80. The summed E-state index contributed by atoms with van der Waals surface area (Å²) in [5, 5.41) is 0. The first kappa shape index (κ1) is 25.3. The van der Waals surface area contributed by atoms with E-state index < -0.39 is 0 Å². The third-order valence-electron chi connectivity index (χ3n) is 7.35. The van der Waals surface area contributed by atoms with Crippen LogP contribution >= 0.6 is 0 Å². The van der Waals surface area contributed by atoms with Gasteiger partial charge in [0.25, 0.3) is 0 Å². The molecule has 1 amide bonds. The van der Waals surface area contributed by atoms with Crippen molar-refractivity contribution in [2.75, 3.05) is 52.4 Å². The highest BCUT2D eigenvalue weighted by molar-refractivity contribution is 5.69. The van der Waals surface area contributed by atoms with Crippen molar-refractivity contribution in [3.8, 4) is 0 Å². The molecule has 0 saturated carbocycles. The Bertz CT molecular complexity index is 921.